The van der Waals surface area contributed by atoms with E-state index in [1.807, 2.05) is 0 Å². The molecular formula is C12H18N2O3S. The second kappa shape index (κ2) is 5.39. The molecule has 18 heavy (non-hydrogen) atoms. The van der Waals surface area contributed by atoms with Crippen LogP contribution in [-0.4, -0.2) is 38.6 Å². The lowest BCUT2D eigenvalue weighted by molar-refractivity contribution is 0.0827. The molecule has 0 aliphatic rings. The van der Waals surface area contributed by atoms with E-state index in [1.54, 1.807) is 46.1 Å². The van der Waals surface area contributed by atoms with Crippen LogP contribution in [0.3, 0.4) is 0 Å². The first-order valence-corrected chi connectivity index (χ1v) is 7.12. The van der Waals surface area contributed by atoms with Gasteiger partial charge in [0.05, 0.1) is 5.25 Å². The average Bonchev–Trinajstić information content (AvgIpc) is 2.27. The number of nitrogens with zero attached hydrogens (tertiary/aromatic N) is 1. The molecule has 0 fully saturated rings. The fourth-order valence-electron chi connectivity index (χ4n) is 1.26. The fraction of sp³-hybridized carbons (Fsp3) is 0.417. The van der Waals surface area contributed by atoms with E-state index in [0.29, 0.717) is 11.3 Å². The highest BCUT2D eigenvalue weighted by molar-refractivity contribution is 7.93. The zero-order chi connectivity index (χ0) is 13.9. The first-order chi connectivity index (χ1) is 8.24. The Labute approximate surface area is 108 Å². The van der Waals surface area contributed by atoms with Gasteiger partial charge in [0, 0.05) is 25.3 Å². The maximum atomic E-state index is 11.7. The third-order valence-electron chi connectivity index (χ3n) is 2.40. The van der Waals surface area contributed by atoms with Crippen LogP contribution in [-0.2, 0) is 10.0 Å². The summed E-state index contributed by atoms with van der Waals surface area (Å²) in [4.78, 5) is 13.2. The van der Waals surface area contributed by atoms with Crippen molar-refractivity contribution in [3.63, 3.8) is 0 Å². The van der Waals surface area contributed by atoms with Gasteiger partial charge < -0.3 is 4.90 Å². The minimum Gasteiger partial charge on any atom is -0.345 e. The average molecular weight is 270 g/mol. The molecule has 0 atom stereocenters. The van der Waals surface area contributed by atoms with E-state index in [4.69, 9.17) is 0 Å². The SMILES string of the molecule is CC(C)S(=O)(=O)Nc1cccc(C(=O)N(C)C)c1. The monoisotopic (exact) mass is 270 g/mol. The summed E-state index contributed by atoms with van der Waals surface area (Å²) in [5.41, 5.74) is 0.848. The summed E-state index contributed by atoms with van der Waals surface area (Å²) in [5, 5.41) is -0.522. The van der Waals surface area contributed by atoms with E-state index in [9.17, 15) is 13.2 Å². The molecular weight excluding hydrogens is 252 g/mol. The molecule has 5 nitrogen and oxygen atoms in total. The van der Waals surface area contributed by atoms with Gasteiger partial charge in [-0.05, 0) is 32.0 Å². The van der Waals surface area contributed by atoms with Crippen LogP contribution in [0, 0.1) is 0 Å². The van der Waals surface area contributed by atoms with Crippen molar-refractivity contribution in [2.24, 2.45) is 0 Å². The van der Waals surface area contributed by atoms with Gasteiger partial charge in [-0.25, -0.2) is 8.42 Å². The molecule has 0 aliphatic heterocycles. The lowest BCUT2D eigenvalue weighted by Crippen LogP contribution is -2.24. The quantitative estimate of drug-likeness (QED) is 0.902. The molecule has 0 saturated heterocycles. The maximum absolute atomic E-state index is 11.7. The largest absolute Gasteiger partial charge is 0.345 e. The molecule has 0 heterocycles. The normalized spacial score (nSPS) is 11.4. The van der Waals surface area contributed by atoms with Gasteiger partial charge in [-0.1, -0.05) is 6.07 Å². The molecule has 0 aromatic heterocycles. The van der Waals surface area contributed by atoms with Crippen LogP contribution in [0.25, 0.3) is 0 Å². The maximum Gasteiger partial charge on any atom is 0.253 e. The molecule has 1 rings (SSSR count). The molecule has 0 spiro atoms. The van der Waals surface area contributed by atoms with Crippen molar-refractivity contribution >= 4 is 21.6 Å². The summed E-state index contributed by atoms with van der Waals surface area (Å²) in [5.74, 6) is -0.166. The summed E-state index contributed by atoms with van der Waals surface area (Å²) >= 11 is 0. The Hall–Kier alpha value is -1.56. The van der Waals surface area contributed by atoms with Crippen molar-refractivity contribution in [3.8, 4) is 0 Å². The molecule has 100 valence electrons. The third-order valence-corrected chi connectivity index (χ3v) is 4.16. The second-order valence-electron chi connectivity index (χ2n) is 4.48. The van der Waals surface area contributed by atoms with Crippen molar-refractivity contribution in [2.75, 3.05) is 18.8 Å². The van der Waals surface area contributed by atoms with E-state index >= 15 is 0 Å². The van der Waals surface area contributed by atoms with Crippen molar-refractivity contribution in [2.45, 2.75) is 19.1 Å². The molecule has 0 bridgehead atoms. The van der Waals surface area contributed by atoms with Gasteiger partial charge in [-0.2, -0.15) is 0 Å². The van der Waals surface area contributed by atoms with Gasteiger partial charge in [-0.15, -0.1) is 0 Å². The number of carbonyl (C=O) groups is 1. The summed E-state index contributed by atoms with van der Waals surface area (Å²) in [6.07, 6.45) is 0. The Morgan fingerprint density at radius 3 is 2.39 bits per heavy atom. The zero-order valence-corrected chi connectivity index (χ0v) is 11.8. The van der Waals surface area contributed by atoms with Crippen LogP contribution in [0.1, 0.15) is 24.2 Å². The Bertz CT molecular complexity index is 536. The Kier molecular flexibility index (Phi) is 4.34. The summed E-state index contributed by atoms with van der Waals surface area (Å²) in [7, 11) is -0.0966. The van der Waals surface area contributed by atoms with Crippen LogP contribution in [0.5, 0.6) is 0 Å². The van der Waals surface area contributed by atoms with E-state index in [-0.39, 0.29) is 5.91 Å². The molecule has 1 amide bonds. The molecule has 0 aliphatic carbocycles. The Balaban J connectivity index is 3.01. The molecule has 0 radical (unpaired) electrons. The van der Waals surface area contributed by atoms with Crippen molar-refractivity contribution in [1.82, 2.24) is 4.90 Å². The third kappa shape index (κ3) is 3.46. The van der Waals surface area contributed by atoms with Gasteiger partial charge in [0.2, 0.25) is 10.0 Å². The molecule has 1 aromatic rings. The topological polar surface area (TPSA) is 66.5 Å². The first-order valence-electron chi connectivity index (χ1n) is 5.57. The standard InChI is InChI=1S/C12H18N2O3S/c1-9(2)18(16,17)13-11-7-5-6-10(8-11)12(15)14(3)4/h5-9,13H,1-4H3. The van der Waals surface area contributed by atoms with Crippen LogP contribution >= 0.6 is 0 Å². The molecule has 1 aromatic carbocycles. The van der Waals surface area contributed by atoms with Crippen molar-refractivity contribution in [3.05, 3.63) is 29.8 Å². The molecule has 0 saturated carbocycles. The van der Waals surface area contributed by atoms with Gasteiger partial charge in [0.25, 0.3) is 5.91 Å². The van der Waals surface area contributed by atoms with Crippen LogP contribution < -0.4 is 4.72 Å². The molecule has 0 unspecified atom stereocenters. The van der Waals surface area contributed by atoms with Crippen LogP contribution in [0.15, 0.2) is 24.3 Å². The zero-order valence-electron chi connectivity index (χ0n) is 11.0. The lowest BCUT2D eigenvalue weighted by Gasteiger charge is -2.13. The fourth-order valence-corrected chi connectivity index (χ4v) is 1.95. The first kappa shape index (κ1) is 14.5. The highest BCUT2D eigenvalue weighted by Crippen LogP contribution is 2.15. The van der Waals surface area contributed by atoms with Crippen LogP contribution in [0.2, 0.25) is 0 Å². The highest BCUT2D eigenvalue weighted by Gasteiger charge is 2.16. The number of nitrogens with one attached hydrogen (secondary N) is 1. The summed E-state index contributed by atoms with van der Waals surface area (Å²) < 4.78 is 25.9. The number of benzene rings is 1. The van der Waals surface area contributed by atoms with Crippen molar-refractivity contribution in [1.29, 1.82) is 0 Å². The predicted octanol–water partition coefficient (Wildman–Crippen LogP) is 1.54. The minimum absolute atomic E-state index is 0.166. The number of amides is 1. The Morgan fingerprint density at radius 1 is 1.28 bits per heavy atom. The minimum atomic E-state index is -3.39. The highest BCUT2D eigenvalue weighted by atomic mass is 32.2. The molecule has 1 N–H and O–H groups in total. The number of anilines is 1. The van der Waals surface area contributed by atoms with E-state index in [1.165, 1.54) is 11.0 Å². The van der Waals surface area contributed by atoms with Gasteiger partial charge in [0.15, 0.2) is 0 Å². The Morgan fingerprint density at radius 2 is 1.89 bits per heavy atom. The van der Waals surface area contributed by atoms with Crippen molar-refractivity contribution < 1.29 is 13.2 Å². The smallest absolute Gasteiger partial charge is 0.253 e. The van der Waals surface area contributed by atoms with Gasteiger partial charge in [-0.3, -0.25) is 9.52 Å². The van der Waals surface area contributed by atoms with Gasteiger partial charge >= 0.3 is 0 Å². The van der Waals surface area contributed by atoms with E-state index in [0.717, 1.165) is 0 Å². The number of hydrogen-bond donors (Lipinski definition) is 1. The number of hydrogen-bond acceptors (Lipinski definition) is 3. The van der Waals surface area contributed by atoms with E-state index in [2.05, 4.69) is 4.72 Å². The predicted molar refractivity (Wildman–Crippen MR) is 72.1 cm³/mol. The van der Waals surface area contributed by atoms with Gasteiger partial charge in [0.1, 0.15) is 0 Å². The number of sulfonamides is 1. The summed E-state index contributed by atoms with van der Waals surface area (Å²) in [6, 6.07) is 6.44. The number of rotatable bonds is 4. The lowest BCUT2D eigenvalue weighted by atomic mass is 10.2. The molecule has 6 heteroatoms. The van der Waals surface area contributed by atoms with Crippen LogP contribution in [0.4, 0.5) is 5.69 Å². The second-order valence-corrected chi connectivity index (χ2v) is 6.71. The van der Waals surface area contributed by atoms with E-state index < -0.39 is 15.3 Å². The number of carbonyl (C=O) groups excluding carboxylic acids is 1. The summed E-state index contributed by atoms with van der Waals surface area (Å²) in [6.45, 7) is 3.19.